The third-order valence-electron chi connectivity index (χ3n) is 5.40. The number of ether oxygens (including phenoxy) is 3. The van der Waals surface area contributed by atoms with Gasteiger partial charge in [0.2, 0.25) is 0 Å². The summed E-state index contributed by atoms with van der Waals surface area (Å²) < 4.78 is 29.7. The topological polar surface area (TPSA) is 61.8 Å². The molecule has 0 heterocycles. The molecule has 0 spiro atoms. The van der Waals surface area contributed by atoms with Gasteiger partial charge in [-0.15, -0.1) is 0 Å². The van der Waals surface area contributed by atoms with Crippen molar-refractivity contribution in [3.63, 3.8) is 0 Å². The van der Waals surface area contributed by atoms with E-state index in [9.17, 15) is 14.0 Å². The lowest BCUT2D eigenvalue weighted by atomic mass is 9.77. The number of rotatable bonds is 12. The van der Waals surface area contributed by atoms with Crippen LogP contribution in [0.5, 0.6) is 5.75 Å². The summed E-state index contributed by atoms with van der Waals surface area (Å²) in [4.78, 5) is 22.0. The fourth-order valence-electron chi connectivity index (χ4n) is 3.75. The Balaban J connectivity index is 1.70. The van der Waals surface area contributed by atoms with Crippen LogP contribution in [-0.2, 0) is 19.1 Å². The number of hydrogen-bond donors (Lipinski definition) is 0. The normalized spacial score (nSPS) is 18.3. The third kappa shape index (κ3) is 8.01. The zero-order chi connectivity index (χ0) is 21.8. The molecule has 2 rings (SSSR count). The summed E-state index contributed by atoms with van der Waals surface area (Å²) in [5.41, 5.74) is 1.01. The van der Waals surface area contributed by atoms with E-state index in [2.05, 4.69) is 13.2 Å². The van der Waals surface area contributed by atoms with Crippen molar-refractivity contribution in [2.24, 2.45) is 5.92 Å². The van der Waals surface area contributed by atoms with Crippen molar-refractivity contribution in [2.75, 3.05) is 19.8 Å². The Labute approximate surface area is 177 Å². The van der Waals surface area contributed by atoms with E-state index < -0.39 is 5.97 Å². The van der Waals surface area contributed by atoms with Crippen molar-refractivity contribution >= 4 is 11.9 Å². The Hall–Kier alpha value is -2.63. The van der Waals surface area contributed by atoms with Gasteiger partial charge >= 0.3 is 11.9 Å². The van der Waals surface area contributed by atoms with E-state index in [1.54, 1.807) is 12.1 Å². The summed E-state index contributed by atoms with van der Waals surface area (Å²) in [5, 5.41) is 0. The van der Waals surface area contributed by atoms with Crippen LogP contribution in [0, 0.1) is 11.7 Å². The van der Waals surface area contributed by atoms with E-state index in [-0.39, 0.29) is 30.7 Å². The maximum atomic E-state index is 14.4. The minimum atomic E-state index is -0.476. The van der Waals surface area contributed by atoms with E-state index in [1.807, 2.05) is 6.07 Å². The van der Waals surface area contributed by atoms with Crippen molar-refractivity contribution in [3.05, 3.63) is 54.9 Å². The van der Waals surface area contributed by atoms with Gasteiger partial charge in [-0.3, -0.25) is 0 Å². The molecule has 1 aliphatic carbocycles. The van der Waals surface area contributed by atoms with Crippen molar-refractivity contribution in [1.29, 1.82) is 0 Å². The highest BCUT2D eigenvalue weighted by Gasteiger charge is 2.23. The van der Waals surface area contributed by atoms with E-state index in [0.29, 0.717) is 24.9 Å². The number of halogens is 1. The predicted molar refractivity (Wildman–Crippen MR) is 113 cm³/mol. The zero-order valence-electron chi connectivity index (χ0n) is 17.4. The van der Waals surface area contributed by atoms with E-state index in [0.717, 1.165) is 50.2 Å². The number of esters is 2. The number of hydrogen-bond acceptors (Lipinski definition) is 5. The lowest BCUT2D eigenvalue weighted by Crippen LogP contribution is -2.14. The van der Waals surface area contributed by atoms with Gasteiger partial charge < -0.3 is 14.2 Å². The Morgan fingerprint density at radius 1 is 0.967 bits per heavy atom. The van der Waals surface area contributed by atoms with Crippen LogP contribution >= 0.6 is 0 Å². The number of carbonyl (C=O) groups is 2. The van der Waals surface area contributed by atoms with Gasteiger partial charge in [-0.25, -0.2) is 14.0 Å². The molecule has 0 saturated heterocycles. The fourth-order valence-corrected chi connectivity index (χ4v) is 3.75. The molecule has 30 heavy (non-hydrogen) atoms. The number of carbonyl (C=O) groups excluding carboxylic acids is 2. The molecule has 0 amide bonds. The molecule has 5 nitrogen and oxygen atoms in total. The van der Waals surface area contributed by atoms with Crippen LogP contribution in [0.1, 0.15) is 56.4 Å². The predicted octanol–water partition coefficient (Wildman–Crippen LogP) is 5.11. The number of benzene rings is 1. The van der Waals surface area contributed by atoms with E-state index >= 15 is 0 Å². The van der Waals surface area contributed by atoms with Gasteiger partial charge in [-0.2, -0.15) is 0 Å². The Bertz CT molecular complexity index is 722. The SMILES string of the molecule is C=CC(=O)OCCCOc1ccc(C2CCC(CCCOC(=O)C=C)CC2)cc1F. The molecule has 0 atom stereocenters. The highest BCUT2D eigenvalue weighted by Crippen LogP contribution is 2.38. The highest BCUT2D eigenvalue weighted by atomic mass is 19.1. The highest BCUT2D eigenvalue weighted by molar-refractivity contribution is 5.81. The summed E-state index contributed by atoms with van der Waals surface area (Å²) in [6.07, 6.45) is 8.94. The molecule has 0 radical (unpaired) electrons. The maximum Gasteiger partial charge on any atom is 0.330 e. The second-order valence-electron chi connectivity index (χ2n) is 7.49. The molecule has 0 N–H and O–H groups in total. The van der Waals surface area contributed by atoms with Crippen molar-refractivity contribution in [3.8, 4) is 5.75 Å². The lowest BCUT2D eigenvalue weighted by molar-refractivity contribution is -0.138. The molecule has 1 fully saturated rings. The molecule has 0 aromatic heterocycles. The van der Waals surface area contributed by atoms with Crippen molar-refractivity contribution in [1.82, 2.24) is 0 Å². The quantitative estimate of drug-likeness (QED) is 0.268. The van der Waals surface area contributed by atoms with Gasteiger partial charge in [0, 0.05) is 18.6 Å². The van der Waals surface area contributed by atoms with Crippen LogP contribution in [0.2, 0.25) is 0 Å². The van der Waals surface area contributed by atoms with Gasteiger partial charge in [0.15, 0.2) is 11.6 Å². The summed E-state index contributed by atoms with van der Waals surface area (Å²) in [5.74, 6) is 0.00649. The zero-order valence-corrected chi connectivity index (χ0v) is 17.4. The monoisotopic (exact) mass is 418 g/mol. The molecule has 0 aliphatic heterocycles. The summed E-state index contributed by atoms with van der Waals surface area (Å²) in [7, 11) is 0. The lowest BCUT2D eigenvalue weighted by Gasteiger charge is -2.29. The second-order valence-corrected chi connectivity index (χ2v) is 7.49. The smallest absolute Gasteiger partial charge is 0.330 e. The van der Waals surface area contributed by atoms with Crippen LogP contribution < -0.4 is 4.74 Å². The molecule has 0 bridgehead atoms. The fraction of sp³-hybridized carbons (Fsp3) is 0.500. The van der Waals surface area contributed by atoms with Crippen molar-refractivity contribution < 1.29 is 28.2 Å². The van der Waals surface area contributed by atoms with Gasteiger partial charge in [-0.1, -0.05) is 19.2 Å². The maximum absolute atomic E-state index is 14.4. The van der Waals surface area contributed by atoms with Crippen molar-refractivity contribution in [2.45, 2.75) is 50.9 Å². The average molecular weight is 419 g/mol. The van der Waals surface area contributed by atoms with Crippen LogP contribution in [0.3, 0.4) is 0 Å². The van der Waals surface area contributed by atoms with Crippen LogP contribution in [0.4, 0.5) is 4.39 Å². The minimum Gasteiger partial charge on any atom is -0.490 e. The molecule has 164 valence electrons. The molecule has 6 heteroatoms. The Morgan fingerprint density at radius 2 is 1.60 bits per heavy atom. The first-order valence-corrected chi connectivity index (χ1v) is 10.5. The first-order chi connectivity index (χ1) is 14.5. The van der Waals surface area contributed by atoms with Gasteiger partial charge in [0.25, 0.3) is 0 Å². The Kier molecular flexibility index (Phi) is 10.1. The summed E-state index contributed by atoms with van der Waals surface area (Å²) in [6.45, 7) is 7.62. The molecule has 1 saturated carbocycles. The molecule has 1 aromatic rings. The molecular formula is C24H31FO5. The van der Waals surface area contributed by atoms with Crippen LogP contribution in [0.15, 0.2) is 43.5 Å². The van der Waals surface area contributed by atoms with E-state index in [4.69, 9.17) is 14.2 Å². The first-order valence-electron chi connectivity index (χ1n) is 10.5. The summed E-state index contributed by atoms with van der Waals surface area (Å²) in [6, 6.07) is 5.20. The second kappa shape index (κ2) is 12.8. The molecule has 1 aromatic carbocycles. The van der Waals surface area contributed by atoms with Gasteiger partial charge in [0.05, 0.1) is 19.8 Å². The van der Waals surface area contributed by atoms with Gasteiger partial charge in [-0.05, 0) is 68.1 Å². The molecular weight excluding hydrogens is 387 g/mol. The average Bonchev–Trinajstić information content (AvgIpc) is 2.77. The summed E-state index contributed by atoms with van der Waals surface area (Å²) >= 11 is 0. The Morgan fingerprint density at radius 3 is 2.20 bits per heavy atom. The standard InChI is InChI=1S/C24H31FO5/c1-3-23(26)29-14-5-7-18-8-10-19(11-9-18)20-12-13-22(21(25)17-20)28-15-6-16-30-24(27)4-2/h3-4,12-13,17-19H,1-2,5-11,14-16H2. The van der Waals surface area contributed by atoms with E-state index in [1.165, 1.54) is 6.08 Å². The van der Waals surface area contributed by atoms with Crippen LogP contribution in [-0.4, -0.2) is 31.8 Å². The first kappa shape index (κ1) is 23.6. The minimum absolute atomic E-state index is 0.213. The van der Waals surface area contributed by atoms with Crippen LogP contribution in [0.25, 0.3) is 0 Å². The molecule has 1 aliphatic rings. The van der Waals surface area contributed by atoms with Gasteiger partial charge in [0.1, 0.15) is 0 Å². The third-order valence-corrected chi connectivity index (χ3v) is 5.40. The largest absolute Gasteiger partial charge is 0.490 e. The molecule has 0 unspecified atom stereocenters.